The van der Waals surface area contributed by atoms with Gasteiger partial charge in [0.25, 0.3) is 0 Å². The van der Waals surface area contributed by atoms with Gasteiger partial charge in [-0.1, -0.05) is 31.0 Å². The summed E-state index contributed by atoms with van der Waals surface area (Å²) in [6.45, 7) is 0.610. The van der Waals surface area contributed by atoms with Gasteiger partial charge in [-0.25, -0.2) is 0 Å². The van der Waals surface area contributed by atoms with E-state index in [2.05, 4.69) is 22.4 Å². The first-order valence-corrected chi connectivity index (χ1v) is 9.54. The molecule has 1 aliphatic rings. The Bertz CT molecular complexity index is 836. The minimum absolute atomic E-state index is 0. The molecule has 158 valence electrons. The van der Waals surface area contributed by atoms with Crippen LogP contribution < -0.4 is 25.3 Å². The Kier molecular flexibility index (Phi) is 8.43. The Labute approximate surface area is 189 Å². The van der Waals surface area contributed by atoms with E-state index in [1.165, 1.54) is 18.4 Å². The molecule has 3 rings (SSSR count). The molecule has 3 N–H and O–H groups in total. The van der Waals surface area contributed by atoms with Gasteiger partial charge in [0.05, 0.1) is 33.6 Å². The minimum Gasteiger partial charge on any atom is -0.497 e. The Hall–Kier alpha value is -2.16. The SMILES string of the molecule is COc1ccc(OC)c(NC(N)=NCC2(c3ccccc3OC)CCCC2)c1.I. The highest BCUT2D eigenvalue weighted by atomic mass is 127. The highest BCUT2D eigenvalue weighted by Crippen LogP contribution is 2.45. The molecule has 1 aliphatic carbocycles. The van der Waals surface area contributed by atoms with Gasteiger partial charge in [0.1, 0.15) is 17.2 Å². The normalized spacial score (nSPS) is 15.3. The number of nitrogens with zero attached hydrogens (tertiary/aromatic N) is 1. The number of nitrogens with one attached hydrogen (secondary N) is 1. The first-order chi connectivity index (χ1) is 13.6. The minimum atomic E-state index is -0.0443. The lowest BCUT2D eigenvalue weighted by atomic mass is 9.78. The second kappa shape index (κ2) is 10.6. The van der Waals surface area contributed by atoms with Crippen LogP contribution in [0.25, 0.3) is 0 Å². The van der Waals surface area contributed by atoms with Crippen molar-refractivity contribution in [3.05, 3.63) is 48.0 Å². The van der Waals surface area contributed by atoms with Gasteiger partial charge in [0, 0.05) is 17.0 Å². The van der Waals surface area contributed by atoms with Crippen molar-refractivity contribution in [2.45, 2.75) is 31.1 Å². The number of aliphatic imine (C=N–C) groups is 1. The van der Waals surface area contributed by atoms with E-state index in [-0.39, 0.29) is 29.4 Å². The molecule has 2 aromatic carbocycles. The Morgan fingerprint density at radius 2 is 1.69 bits per heavy atom. The van der Waals surface area contributed by atoms with Gasteiger partial charge in [-0.2, -0.15) is 0 Å². The van der Waals surface area contributed by atoms with Gasteiger partial charge in [-0.3, -0.25) is 4.99 Å². The van der Waals surface area contributed by atoms with Crippen molar-refractivity contribution in [3.63, 3.8) is 0 Å². The van der Waals surface area contributed by atoms with Crippen molar-refractivity contribution in [3.8, 4) is 17.2 Å². The highest BCUT2D eigenvalue weighted by Gasteiger charge is 2.37. The monoisotopic (exact) mass is 511 g/mol. The maximum absolute atomic E-state index is 6.22. The van der Waals surface area contributed by atoms with E-state index < -0.39 is 0 Å². The van der Waals surface area contributed by atoms with Crippen molar-refractivity contribution < 1.29 is 14.2 Å². The maximum atomic E-state index is 6.22. The largest absolute Gasteiger partial charge is 0.497 e. The van der Waals surface area contributed by atoms with Crippen LogP contribution in [0.15, 0.2) is 47.5 Å². The zero-order valence-corrected chi connectivity index (χ0v) is 19.6. The van der Waals surface area contributed by atoms with Crippen LogP contribution in [0.2, 0.25) is 0 Å². The molecule has 7 heteroatoms. The summed E-state index contributed by atoms with van der Waals surface area (Å²) < 4.78 is 16.3. The number of ether oxygens (including phenoxy) is 3. The molecule has 1 saturated carbocycles. The summed E-state index contributed by atoms with van der Waals surface area (Å²) in [5, 5.41) is 3.15. The quantitative estimate of drug-likeness (QED) is 0.324. The maximum Gasteiger partial charge on any atom is 0.193 e. The van der Waals surface area contributed by atoms with Crippen molar-refractivity contribution in [2.24, 2.45) is 10.7 Å². The van der Waals surface area contributed by atoms with E-state index in [4.69, 9.17) is 19.9 Å². The van der Waals surface area contributed by atoms with E-state index in [0.717, 1.165) is 30.0 Å². The molecule has 0 unspecified atom stereocenters. The summed E-state index contributed by atoms with van der Waals surface area (Å²) in [6.07, 6.45) is 4.52. The first-order valence-electron chi connectivity index (χ1n) is 9.54. The molecular formula is C22H30IN3O3. The molecule has 0 heterocycles. The van der Waals surface area contributed by atoms with Crippen molar-refractivity contribution >= 4 is 35.6 Å². The predicted molar refractivity (Wildman–Crippen MR) is 128 cm³/mol. The van der Waals surface area contributed by atoms with Crippen molar-refractivity contribution in [1.82, 2.24) is 0 Å². The zero-order chi connectivity index (χ0) is 20.0. The topological polar surface area (TPSA) is 78.1 Å². The Morgan fingerprint density at radius 3 is 2.34 bits per heavy atom. The predicted octanol–water partition coefficient (Wildman–Crippen LogP) is 4.57. The van der Waals surface area contributed by atoms with E-state index in [9.17, 15) is 0 Å². The summed E-state index contributed by atoms with van der Waals surface area (Å²) >= 11 is 0. The number of guanidine groups is 1. The standard InChI is InChI=1S/C22H29N3O3.HI/c1-26-16-10-11-20(28-3)18(14-16)25-21(23)24-15-22(12-6-7-13-22)17-8-4-5-9-19(17)27-2;/h4-5,8-11,14H,6-7,12-13,15H2,1-3H3,(H3,23,24,25);1H. The van der Waals surface area contributed by atoms with Gasteiger partial charge in [0.15, 0.2) is 5.96 Å². The van der Waals surface area contributed by atoms with Crippen LogP contribution in [-0.2, 0) is 5.41 Å². The number of para-hydroxylation sites is 1. The molecule has 2 aromatic rings. The highest BCUT2D eigenvalue weighted by molar-refractivity contribution is 14.0. The third-order valence-corrected chi connectivity index (χ3v) is 5.46. The van der Waals surface area contributed by atoms with Crippen LogP contribution >= 0.6 is 24.0 Å². The van der Waals surface area contributed by atoms with Crippen LogP contribution in [-0.4, -0.2) is 33.8 Å². The first kappa shape index (κ1) is 23.1. The summed E-state index contributed by atoms with van der Waals surface area (Å²) in [5.74, 6) is 2.67. The summed E-state index contributed by atoms with van der Waals surface area (Å²) in [6, 6.07) is 13.7. The van der Waals surface area contributed by atoms with E-state index >= 15 is 0 Å². The average molecular weight is 511 g/mol. The van der Waals surface area contributed by atoms with Gasteiger partial charge in [0.2, 0.25) is 0 Å². The molecule has 29 heavy (non-hydrogen) atoms. The van der Waals surface area contributed by atoms with Gasteiger partial charge < -0.3 is 25.3 Å². The summed E-state index contributed by atoms with van der Waals surface area (Å²) in [5.41, 5.74) is 8.11. The van der Waals surface area contributed by atoms with E-state index in [0.29, 0.717) is 18.3 Å². The number of nitrogens with two attached hydrogens (primary N) is 1. The zero-order valence-electron chi connectivity index (χ0n) is 17.2. The van der Waals surface area contributed by atoms with Gasteiger partial charge >= 0.3 is 0 Å². The fourth-order valence-electron chi connectivity index (χ4n) is 3.97. The summed E-state index contributed by atoms with van der Waals surface area (Å²) in [4.78, 5) is 4.69. The van der Waals surface area contributed by atoms with E-state index in [1.54, 1.807) is 21.3 Å². The van der Waals surface area contributed by atoms with Crippen molar-refractivity contribution in [1.29, 1.82) is 0 Å². The smallest absolute Gasteiger partial charge is 0.193 e. The Morgan fingerprint density at radius 1 is 1.00 bits per heavy atom. The average Bonchev–Trinajstić information content (AvgIpc) is 3.22. The number of halogens is 1. The molecule has 0 saturated heterocycles. The van der Waals surface area contributed by atoms with Crippen LogP contribution in [0.3, 0.4) is 0 Å². The molecular weight excluding hydrogens is 481 g/mol. The third-order valence-electron chi connectivity index (χ3n) is 5.46. The molecule has 0 spiro atoms. The second-order valence-corrected chi connectivity index (χ2v) is 7.08. The van der Waals surface area contributed by atoms with Crippen molar-refractivity contribution in [2.75, 3.05) is 33.2 Å². The molecule has 0 aliphatic heterocycles. The third kappa shape index (κ3) is 5.26. The van der Waals surface area contributed by atoms with E-state index in [1.807, 2.05) is 30.3 Å². The molecule has 1 fully saturated rings. The number of methoxy groups -OCH3 is 3. The summed E-state index contributed by atoms with van der Waals surface area (Å²) in [7, 11) is 4.96. The molecule has 0 atom stereocenters. The fourth-order valence-corrected chi connectivity index (χ4v) is 3.97. The number of hydrogen-bond acceptors (Lipinski definition) is 4. The molecule has 0 bridgehead atoms. The van der Waals surface area contributed by atoms with Gasteiger partial charge in [-0.05, 0) is 31.0 Å². The van der Waals surface area contributed by atoms with Crippen LogP contribution in [0.4, 0.5) is 5.69 Å². The van der Waals surface area contributed by atoms with Gasteiger partial charge in [-0.15, -0.1) is 24.0 Å². The number of benzene rings is 2. The van der Waals surface area contributed by atoms with Crippen LogP contribution in [0, 0.1) is 0 Å². The number of rotatable bonds is 7. The number of hydrogen-bond donors (Lipinski definition) is 2. The lowest BCUT2D eigenvalue weighted by molar-refractivity contribution is 0.378. The lowest BCUT2D eigenvalue weighted by Gasteiger charge is -2.29. The molecule has 0 aromatic heterocycles. The molecule has 0 amide bonds. The lowest BCUT2D eigenvalue weighted by Crippen LogP contribution is -2.30. The fraction of sp³-hybridized carbons (Fsp3) is 0.409. The second-order valence-electron chi connectivity index (χ2n) is 7.08. The molecule has 6 nitrogen and oxygen atoms in total. The molecule has 0 radical (unpaired) electrons. The number of anilines is 1. The van der Waals surface area contributed by atoms with Crippen LogP contribution in [0.1, 0.15) is 31.2 Å². The Balaban J connectivity index is 0.00000300. The van der Waals surface area contributed by atoms with Crippen LogP contribution in [0.5, 0.6) is 17.2 Å².